The third kappa shape index (κ3) is 3.06. The minimum atomic E-state index is -0.491. The standard InChI is InChI=1S/C25H18BrNO3/c1-15-7-9-16(10-8-15)14-27-22(17-5-3-2-4-6-17)21-23(28)19-13-18(26)11-12-20(19)30-24(21)25(27)29/h2-13,22H,14H2,1H3. The van der Waals surface area contributed by atoms with E-state index in [1.807, 2.05) is 61.5 Å². The van der Waals surface area contributed by atoms with Gasteiger partial charge in [0.25, 0.3) is 5.91 Å². The van der Waals surface area contributed by atoms with E-state index in [0.29, 0.717) is 23.1 Å². The van der Waals surface area contributed by atoms with Gasteiger partial charge in [0.2, 0.25) is 5.76 Å². The lowest BCUT2D eigenvalue weighted by Crippen LogP contribution is -2.29. The summed E-state index contributed by atoms with van der Waals surface area (Å²) in [5.41, 5.74) is 3.70. The largest absolute Gasteiger partial charge is 0.450 e. The summed E-state index contributed by atoms with van der Waals surface area (Å²) >= 11 is 3.42. The smallest absolute Gasteiger partial charge is 0.291 e. The highest BCUT2D eigenvalue weighted by Gasteiger charge is 2.42. The molecule has 30 heavy (non-hydrogen) atoms. The quantitative estimate of drug-likeness (QED) is 0.400. The molecule has 0 radical (unpaired) electrons. The zero-order chi connectivity index (χ0) is 20.8. The molecule has 2 heterocycles. The minimum Gasteiger partial charge on any atom is -0.450 e. The van der Waals surface area contributed by atoms with Crippen LogP contribution in [0.2, 0.25) is 0 Å². The van der Waals surface area contributed by atoms with Crippen molar-refractivity contribution in [1.82, 2.24) is 4.90 Å². The Morgan fingerprint density at radius 3 is 2.43 bits per heavy atom. The summed E-state index contributed by atoms with van der Waals surface area (Å²) in [7, 11) is 0. The number of rotatable bonds is 3. The molecule has 5 heteroatoms. The normalized spacial score (nSPS) is 15.6. The summed E-state index contributed by atoms with van der Waals surface area (Å²) in [5.74, 6) is -0.128. The Morgan fingerprint density at radius 2 is 1.70 bits per heavy atom. The van der Waals surface area contributed by atoms with Gasteiger partial charge in [-0.25, -0.2) is 0 Å². The molecule has 3 aromatic carbocycles. The van der Waals surface area contributed by atoms with Gasteiger partial charge in [0.1, 0.15) is 5.58 Å². The highest BCUT2D eigenvalue weighted by molar-refractivity contribution is 9.10. The van der Waals surface area contributed by atoms with Crippen molar-refractivity contribution in [3.63, 3.8) is 0 Å². The zero-order valence-corrected chi connectivity index (χ0v) is 17.8. The molecule has 5 rings (SSSR count). The summed E-state index contributed by atoms with van der Waals surface area (Å²) < 4.78 is 6.77. The first-order chi connectivity index (χ1) is 14.5. The van der Waals surface area contributed by atoms with Gasteiger partial charge in [-0.2, -0.15) is 0 Å². The summed E-state index contributed by atoms with van der Waals surface area (Å²) in [5, 5.41) is 0.467. The van der Waals surface area contributed by atoms with E-state index in [1.54, 1.807) is 23.1 Å². The van der Waals surface area contributed by atoms with Crippen LogP contribution in [0.4, 0.5) is 0 Å². The van der Waals surface area contributed by atoms with Crippen LogP contribution in [-0.2, 0) is 6.54 Å². The third-order valence-electron chi connectivity index (χ3n) is 5.52. The second kappa shape index (κ2) is 7.26. The first-order valence-electron chi connectivity index (χ1n) is 9.70. The molecule has 0 fully saturated rings. The fraction of sp³-hybridized carbons (Fsp3) is 0.120. The van der Waals surface area contributed by atoms with Crippen molar-refractivity contribution in [1.29, 1.82) is 0 Å². The van der Waals surface area contributed by atoms with Gasteiger partial charge in [0.15, 0.2) is 5.43 Å². The monoisotopic (exact) mass is 459 g/mol. The molecule has 1 aliphatic heterocycles. The molecule has 1 unspecified atom stereocenters. The van der Waals surface area contributed by atoms with Gasteiger partial charge in [-0.15, -0.1) is 0 Å². The Bertz CT molecular complexity index is 1330. The molecule has 1 atom stereocenters. The Balaban J connectivity index is 1.72. The number of fused-ring (bicyclic) bond motifs is 2. The lowest BCUT2D eigenvalue weighted by Gasteiger charge is -2.25. The Kier molecular flexibility index (Phi) is 4.55. The fourth-order valence-corrected chi connectivity index (χ4v) is 4.39. The Labute approximate surface area is 181 Å². The van der Waals surface area contributed by atoms with Crippen molar-refractivity contribution >= 4 is 32.8 Å². The number of hydrogen-bond donors (Lipinski definition) is 0. The van der Waals surface area contributed by atoms with E-state index in [-0.39, 0.29) is 17.1 Å². The van der Waals surface area contributed by atoms with E-state index in [4.69, 9.17) is 4.42 Å². The number of carbonyl (C=O) groups is 1. The van der Waals surface area contributed by atoms with Crippen molar-refractivity contribution in [2.24, 2.45) is 0 Å². The highest BCUT2D eigenvalue weighted by Crippen LogP contribution is 2.39. The topological polar surface area (TPSA) is 50.5 Å². The number of benzene rings is 3. The van der Waals surface area contributed by atoms with Crippen LogP contribution in [0.25, 0.3) is 11.0 Å². The van der Waals surface area contributed by atoms with Crippen molar-refractivity contribution in [2.75, 3.05) is 0 Å². The first kappa shape index (κ1) is 18.8. The number of nitrogens with zero attached hydrogens (tertiary/aromatic N) is 1. The molecule has 148 valence electrons. The molecule has 0 saturated carbocycles. The SMILES string of the molecule is Cc1ccc(CN2C(=O)c3oc4ccc(Br)cc4c(=O)c3C2c2ccccc2)cc1. The summed E-state index contributed by atoms with van der Waals surface area (Å²) in [6.07, 6.45) is 0. The Morgan fingerprint density at radius 1 is 0.967 bits per heavy atom. The van der Waals surface area contributed by atoms with Crippen LogP contribution in [0.15, 0.2) is 86.5 Å². The molecule has 0 spiro atoms. The van der Waals surface area contributed by atoms with E-state index in [2.05, 4.69) is 15.9 Å². The van der Waals surface area contributed by atoms with Crippen LogP contribution in [-0.4, -0.2) is 10.8 Å². The van der Waals surface area contributed by atoms with Crippen LogP contribution >= 0.6 is 15.9 Å². The van der Waals surface area contributed by atoms with Gasteiger partial charge >= 0.3 is 0 Å². The van der Waals surface area contributed by atoms with Crippen molar-refractivity contribution in [2.45, 2.75) is 19.5 Å². The maximum Gasteiger partial charge on any atom is 0.291 e. The molecule has 4 nitrogen and oxygen atoms in total. The van der Waals surface area contributed by atoms with Crippen LogP contribution < -0.4 is 5.43 Å². The molecule has 0 saturated heterocycles. The van der Waals surface area contributed by atoms with Crippen LogP contribution in [0.5, 0.6) is 0 Å². The second-order valence-corrected chi connectivity index (χ2v) is 8.46. The number of amides is 1. The fourth-order valence-electron chi connectivity index (χ4n) is 4.03. The number of aryl methyl sites for hydroxylation is 1. The second-order valence-electron chi connectivity index (χ2n) is 7.55. The van der Waals surface area contributed by atoms with Crippen LogP contribution in [0.1, 0.15) is 38.9 Å². The van der Waals surface area contributed by atoms with Gasteiger partial charge in [0, 0.05) is 11.0 Å². The van der Waals surface area contributed by atoms with Crippen molar-refractivity contribution in [3.8, 4) is 0 Å². The zero-order valence-electron chi connectivity index (χ0n) is 16.3. The van der Waals surface area contributed by atoms with Crippen LogP contribution in [0, 0.1) is 6.92 Å². The van der Waals surface area contributed by atoms with Crippen molar-refractivity contribution in [3.05, 3.63) is 116 Å². The van der Waals surface area contributed by atoms with E-state index in [1.165, 1.54) is 0 Å². The van der Waals surface area contributed by atoms with Gasteiger partial charge in [-0.3, -0.25) is 9.59 Å². The third-order valence-corrected chi connectivity index (χ3v) is 6.01. The molecular formula is C25H18BrNO3. The van der Waals surface area contributed by atoms with Crippen LogP contribution in [0.3, 0.4) is 0 Å². The molecule has 0 N–H and O–H groups in total. The summed E-state index contributed by atoms with van der Waals surface area (Å²) in [6.45, 7) is 2.42. The van der Waals surface area contributed by atoms with E-state index in [0.717, 1.165) is 21.2 Å². The molecule has 0 aliphatic carbocycles. The lowest BCUT2D eigenvalue weighted by atomic mass is 9.98. The number of halogens is 1. The van der Waals surface area contributed by atoms with Gasteiger partial charge in [-0.05, 0) is 36.2 Å². The Hall–Kier alpha value is -3.18. The predicted octanol–water partition coefficient (Wildman–Crippen LogP) is 5.61. The number of hydrogen-bond acceptors (Lipinski definition) is 3. The van der Waals surface area contributed by atoms with E-state index < -0.39 is 6.04 Å². The molecule has 1 aromatic heterocycles. The molecule has 0 bridgehead atoms. The van der Waals surface area contributed by atoms with E-state index in [9.17, 15) is 9.59 Å². The predicted molar refractivity (Wildman–Crippen MR) is 120 cm³/mol. The minimum absolute atomic E-state index is 0.135. The maximum absolute atomic E-state index is 13.5. The molecule has 1 amide bonds. The molecule has 1 aliphatic rings. The average Bonchev–Trinajstić information content (AvgIpc) is 3.03. The summed E-state index contributed by atoms with van der Waals surface area (Å²) in [4.78, 5) is 28.6. The molecular weight excluding hydrogens is 442 g/mol. The molecule has 4 aromatic rings. The highest BCUT2D eigenvalue weighted by atomic mass is 79.9. The first-order valence-corrected chi connectivity index (χ1v) is 10.5. The van der Waals surface area contributed by atoms with E-state index >= 15 is 0 Å². The van der Waals surface area contributed by atoms with Gasteiger partial charge in [0.05, 0.1) is 17.0 Å². The van der Waals surface area contributed by atoms with Crippen molar-refractivity contribution < 1.29 is 9.21 Å². The van der Waals surface area contributed by atoms with Gasteiger partial charge < -0.3 is 9.32 Å². The maximum atomic E-state index is 13.5. The average molecular weight is 460 g/mol. The number of carbonyl (C=O) groups excluding carboxylic acids is 1. The van der Waals surface area contributed by atoms with Gasteiger partial charge in [-0.1, -0.05) is 76.1 Å². The lowest BCUT2D eigenvalue weighted by molar-refractivity contribution is 0.0714. The summed E-state index contributed by atoms with van der Waals surface area (Å²) in [6, 6.07) is 22.5.